The second-order valence-corrected chi connectivity index (χ2v) is 9.30. The summed E-state index contributed by atoms with van der Waals surface area (Å²) in [5.74, 6) is 0.745. The molecule has 0 radical (unpaired) electrons. The maximum absolute atomic E-state index is 13.7. The van der Waals surface area contributed by atoms with E-state index in [9.17, 15) is 8.42 Å². The van der Waals surface area contributed by atoms with Gasteiger partial charge in [-0.2, -0.15) is 0 Å². The molecule has 0 unspecified atom stereocenters. The summed E-state index contributed by atoms with van der Waals surface area (Å²) in [4.78, 5) is 0.339. The lowest BCUT2D eigenvalue weighted by Crippen LogP contribution is -2.35. The van der Waals surface area contributed by atoms with Crippen molar-refractivity contribution in [1.82, 2.24) is 0 Å². The summed E-state index contributed by atoms with van der Waals surface area (Å²) in [6, 6.07) is 18.9. The first-order chi connectivity index (χ1) is 14.1. The smallest absolute Gasteiger partial charge is 0.264 e. The fourth-order valence-electron chi connectivity index (χ4n) is 4.00. The van der Waals surface area contributed by atoms with Gasteiger partial charge in [-0.05, 0) is 43.0 Å². The molecule has 0 aliphatic carbocycles. The number of para-hydroxylation sites is 1. The molecule has 0 amide bonds. The standard InChI is InChI=1S/C24H27NO3S/c1-2-3-8-18-28-23-15-16-24(21-13-6-5-12-20(21)23)29(26,27)25-17-9-11-19-10-4-7-14-22(19)25/h4-7,10,12-16H,2-3,8-9,11,17-18H2,1H3. The van der Waals surface area contributed by atoms with E-state index in [-0.39, 0.29) is 0 Å². The summed E-state index contributed by atoms with van der Waals surface area (Å²) in [6.45, 7) is 3.31. The van der Waals surface area contributed by atoms with Crippen LogP contribution in [0.25, 0.3) is 10.8 Å². The Morgan fingerprint density at radius 3 is 2.52 bits per heavy atom. The highest BCUT2D eigenvalue weighted by Gasteiger charge is 2.30. The Labute approximate surface area is 173 Å². The van der Waals surface area contributed by atoms with Crippen molar-refractivity contribution in [3.8, 4) is 5.75 Å². The molecular formula is C24H27NO3S. The summed E-state index contributed by atoms with van der Waals surface area (Å²) in [7, 11) is -3.67. The van der Waals surface area contributed by atoms with Gasteiger partial charge >= 0.3 is 0 Å². The van der Waals surface area contributed by atoms with E-state index < -0.39 is 10.0 Å². The Morgan fingerprint density at radius 1 is 0.931 bits per heavy atom. The van der Waals surface area contributed by atoms with Gasteiger partial charge in [0.2, 0.25) is 0 Å². The van der Waals surface area contributed by atoms with Gasteiger partial charge in [0.1, 0.15) is 5.75 Å². The van der Waals surface area contributed by atoms with Crippen molar-refractivity contribution in [2.75, 3.05) is 17.5 Å². The minimum atomic E-state index is -3.67. The van der Waals surface area contributed by atoms with E-state index in [1.807, 2.05) is 48.5 Å². The third kappa shape index (κ3) is 3.84. The Kier molecular flexibility index (Phi) is 5.76. The van der Waals surface area contributed by atoms with E-state index in [0.717, 1.165) is 54.5 Å². The van der Waals surface area contributed by atoms with E-state index in [0.29, 0.717) is 23.4 Å². The van der Waals surface area contributed by atoms with Crippen LogP contribution >= 0.6 is 0 Å². The lowest BCUT2D eigenvalue weighted by atomic mass is 10.0. The molecule has 0 bridgehead atoms. The van der Waals surface area contributed by atoms with Crippen LogP contribution in [0.5, 0.6) is 5.75 Å². The average molecular weight is 410 g/mol. The van der Waals surface area contributed by atoms with E-state index in [4.69, 9.17) is 4.74 Å². The van der Waals surface area contributed by atoms with Crippen LogP contribution in [0.3, 0.4) is 0 Å². The molecule has 0 N–H and O–H groups in total. The largest absolute Gasteiger partial charge is 0.493 e. The lowest BCUT2D eigenvalue weighted by Gasteiger charge is -2.31. The molecule has 0 aromatic heterocycles. The second-order valence-electron chi connectivity index (χ2n) is 7.47. The number of benzene rings is 3. The number of hydrogen-bond donors (Lipinski definition) is 0. The Balaban J connectivity index is 1.75. The summed E-state index contributed by atoms with van der Waals surface area (Å²) in [6.07, 6.45) is 4.99. The molecule has 5 heteroatoms. The SMILES string of the molecule is CCCCCOc1ccc(S(=O)(=O)N2CCCc3ccccc32)c2ccccc12. The van der Waals surface area contributed by atoms with Crippen molar-refractivity contribution >= 4 is 26.5 Å². The van der Waals surface area contributed by atoms with E-state index in [1.54, 1.807) is 16.4 Å². The summed E-state index contributed by atoms with van der Waals surface area (Å²) < 4.78 is 34.9. The summed E-state index contributed by atoms with van der Waals surface area (Å²) in [5, 5.41) is 1.55. The van der Waals surface area contributed by atoms with Gasteiger partial charge in [0.05, 0.1) is 17.2 Å². The van der Waals surface area contributed by atoms with Crippen LogP contribution in [0.4, 0.5) is 5.69 Å². The van der Waals surface area contributed by atoms with Crippen LogP contribution < -0.4 is 9.04 Å². The molecule has 0 fully saturated rings. The summed E-state index contributed by atoms with van der Waals surface area (Å²) in [5.41, 5.74) is 1.88. The number of unbranched alkanes of at least 4 members (excludes halogenated alkanes) is 2. The van der Waals surface area contributed by atoms with Gasteiger partial charge in [0.15, 0.2) is 0 Å². The van der Waals surface area contributed by atoms with Crippen LogP contribution in [0, 0.1) is 0 Å². The number of nitrogens with zero attached hydrogens (tertiary/aromatic N) is 1. The number of rotatable bonds is 7. The van der Waals surface area contributed by atoms with Crippen molar-refractivity contribution in [3.63, 3.8) is 0 Å². The van der Waals surface area contributed by atoms with Crippen molar-refractivity contribution in [1.29, 1.82) is 0 Å². The van der Waals surface area contributed by atoms with Gasteiger partial charge < -0.3 is 4.74 Å². The molecule has 0 atom stereocenters. The van der Waals surface area contributed by atoms with Crippen molar-refractivity contribution in [3.05, 3.63) is 66.2 Å². The first kappa shape index (κ1) is 19.8. The molecule has 0 saturated carbocycles. The van der Waals surface area contributed by atoms with Crippen molar-refractivity contribution < 1.29 is 13.2 Å². The minimum absolute atomic E-state index is 0.339. The molecule has 3 aromatic rings. The zero-order valence-electron chi connectivity index (χ0n) is 16.8. The van der Waals surface area contributed by atoms with Gasteiger partial charge in [-0.1, -0.05) is 62.2 Å². The molecular weight excluding hydrogens is 382 g/mol. The van der Waals surface area contributed by atoms with Crippen LogP contribution in [-0.2, 0) is 16.4 Å². The van der Waals surface area contributed by atoms with Crippen molar-refractivity contribution in [2.24, 2.45) is 0 Å². The zero-order valence-corrected chi connectivity index (χ0v) is 17.6. The lowest BCUT2D eigenvalue weighted by molar-refractivity contribution is 0.309. The van der Waals surface area contributed by atoms with E-state index in [1.165, 1.54) is 0 Å². The van der Waals surface area contributed by atoms with Gasteiger partial charge in [0, 0.05) is 17.3 Å². The average Bonchev–Trinajstić information content (AvgIpc) is 2.76. The van der Waals surface area contributed by atoms with Crippen LogP contribution in [0.15, 0.2) is 65.6 Å². The normalized spacial score (nSPS) is 14.0. The molecule has 0 saturated heterocycles. The molecule has 4 nitrogen and oxygen atoms in total. The minimum Gasteiger partial charge on any atom is -0.493 e. The molecule has 1 heterocycles. The second kappa shape index (κ2) is 8.46. The highest BCUT2D eigenvalue weighted by atomic mass is 32.2. The zero-order chi connectivity index (χ0) is 20.3. The molecule has 1 aliphatic heterocycles. The molecule has 29 heavy (non-hydrogen) atoms. The van der Waals surface area contributed by atoms with Crippen LogP contribution in [0.1, 0.15) is 38.2 Å². The predicted molar refractivity (Wildman–Crippen MR) is 118 cm³/mol. The first-order valence-corrected chi connectivity index (χ1v) is 11.8. The van der Waals surface area contributed by atoms with Crippen LogP contribution in [0.2, 0.25) is 0 Å². The Morgan fingerprint density at radius 2 is 1.69 bits per heavy atom. The summed E-state index contributed by atoms with van der Waals surface area (Å²) >= 11 is 0. The fourth-order valence-corrected chi connectivity index (χ4v) is 5.74. The third-order valence-corrected chi connectivity index (χ3v) is 7.36. The maximum atomic E-state index is 13.7. The maximum Gasteiger partial charge on any atom is 0.264 e. The number of hydrogen-bond acceptors (Lipinski definition) is 3. The quantitative estimate of drug-likeness (QED) is 0.481. The molecule has 1 aliphatic rings. The number of anilines is 1. The van der Waals surface area contributed by atoms with Crippen LogP contribution in [-0.4, -0.2) is 21.6 Å². The first-order valence-electron chi connectivity index (χ1n) is 10.4. The monoisotopic (exact) mass is 409 g/mol. The molecule has 4 rings (SSSR count). The van der Waals surface area contributed by atoms with E-state index in [2.05, 4.69) is 6.92 Å². The van der Waals surface area contributed by atoms with Crippen molar-refractivity contribution in [2.45, 2.75) is 43.9 Å². The molecule has 152 valence electrons. The molecule has 3 aromatic carbocycles. The highest BCUT2D eigenvalue weighted by molar-refractivity contribution is 7.93. The van der Waals surface area contributed by atoms with Gasteiger partial charge in [0.25, 0.3) is 10.0 Å². The van der Waals surface area contributed by atoms with Gasteiger partial charge in [-0.15, -0.1) is 0 Å². The topological polar surface area (TPSA) is 46.6 Å². The van der Waals surface area contributed by atoms with Gasteiger partial charge in [-0.25, -0.2) is 8.42 Å². The number of fused-ring (bicyclic) bond motifs is 2. The third-order valence-electron chi connectivity index (χ3n) is 5.49. The van der Waals surface area contributed by atoms with Gasteiger partial charge in [-0.3, -0.25) is 4.31 Å². The number of ether oxygens (including phenoxy) is 1. The number of aryl methyl sites for hydroxylation is 1. The fraction of sp³-hybridized carbons (Fsp3) is 0.333. The highest BCUT2D eigenvalue weighted by Crippen LogP contribution is 2.36. The predicted octanol–water partition coefficient (Wildman–Crippen LogP) is 5.55. The Hall–Kier alpha value is -2.53. The number of sulfonamides is 1. The van der Waals surface area contributed by atoms with E-state index >= 15 is 0 Å². The molecule has 0 spiro atoms. The Bertz CT molecular complexity index is 1110.